The molecule has 0 saturated carbocycles. The molecule has 3 N–H and O–H groups in total. The Morgan fingerprint density at radius 3 is 2.68 bits per heavy atom. The average Bonchev–Trinajstić information content (AvgIpc) is 3.07. The fourth-order valence-corrected chi connectivity index (χ4v) is 5.12. The highest BCUT2D eigenvalue weighted by Gasteiger charge is 2.39. The van der Waals surface area contributed by atoms with Gasteiger partial charge in [0.05, 0.1) is 12.2 Å². The van der Waals surface area contributed by atoms with Crippen molar-refractivity contribution in [2.75, 3.05) is 18.0 Å². The van der Waals surface area contributed by atoms with Gasteiger partial charge in [-0.15, -0.1) is 0 Å². The lowest BCUT2D eigenvalue weighted by atomic mass is 9.79. The molecule has 2 fully saturated rings. The zero-order chi connectivity index (χ0) is 19.9. The highest BCUT2D eigenvalue weighted by molar-refractivity contribution is 5.84. The molecule has 28 heavy (non-hydrogen) atoms. The number of H-pyrrole nitrogens is 1. The molecule has 1 amide bonds. The lowest BCUT2D eigenvalue weighted by Crippen LogP contribution is -2.62. The summed E-state index contributed by atoms with van der Waals surface area (Å²) in [6.07, 6.45) is 6.95. The van der Waals surface area contributed by atoms with Crippen LogP contribution in [-0.4, -0.2) is 56.1 Å². The fourth-order valence-electron chi connectivity index (χ4n) is 5.12. The monoisotopic (exact) mass is 385 g/mol. The largest absolute Gasteiger partial charge is 0.354 e. The van der Waals surface area contributed by atoms with E-state index in [1.165, 1.54) is 0 Å². The molecular weight excluding hydrogens is 354 g/mol. The number of hydrogen-bond acceptors (Lipinski definition) is 6. The summed E-state index contributed by atoms with van der Waals surface area (Å²) in [4.78, 5) is 31.2. The van der Waals surface area contributed by atoms with Gasteiger partial charge in [-0.1, -0.05) is 0 Å². The van der Waals surface area contributed by atoms with Crippen LogP contribution in [0.1, 0.15) is 53.4 Å². The molecule has 2 aromatic rings. The smallest absolute Gasteiger partial charge is 0.225 e. The minimum atomic E-state index is -0.0252. The molecule has 0 bridgehead atoms. The molecule has 8 heteroatoms. The molecule has 2 saturated heterocycles. The van der Waals surface area contributed by atoms with Gasteiger partial charge in [0.25, 0.3) is 0 Å². The summed E-state index contributed by atoms with van der Waals surface area (Å²) in [6, 6.07) is 0.201. The summed E-state index contributed by atoms with van der Waals surface area (Å²) in [5.74, 6) is 0.977. The van der Waals surface area contributed by atoms with Gasteiger partial charge in [-0.3, -0.25) is 4.79 Å². The van der Waals surface area contributed by atoms with Crippen LogP contribution in [0.25, 0.3) is 11.2 Å². The maximum absolute atomic E-state index is 13.1. The predicted octanol–water partition coefficient (Wildman–Crippen LogP) is 1.99. The molecule has 2 aliphatic rings. The highest BCUT2D eigenvalue weighted by atomic mass is 16.2. The Morgan fingerprint density at radius 1 is 1.18 bits per heavy atom. The minimum absolute atomic E-state index is 0.0193. The SMILES string of the molecule is CC1(C)CC(NC(=O)[C@H]2CCCN(c3ncnc4nc[nH]c34)C2)CC(C)(C)N1. The van der Waals surface area contributed by atoms with Gasteiger partial charge >= 0.3 is 0 Å². The van der Waals surface area contributed by atoms with Crippen LogP contribution in [0, 0.1) is 5.92 Å². The van der Waals surface area contributed by atoms with Crippen LogP contribution < -0.4 is 15.5 Å². The number of piperidine rings is 2. The molecule has 0 aliphatic carbocycles. The summed E-state index contributed by atoms with van der Waals surface area (Å²) in [6.45, 7) is 10.4. The molecule has 152 valence electrons. The number of aromatic nitrogens is 4. The number of rotatable bonds is 3. The maximum atomic E-state index is 13.1. The number of nitrogens with zero attached hydrogens (tertiary/aromatic N) is 4. The molecule has 8 nitrogen and oxygen atoms in total. The van der Waals surface area contributed by atoms with Crippen molar-refractivity contribution in [1.29, 1.82) is 0 Å². The van der Waals surface area contributed by atoms with Crippen LogP contribution in [0.15, 0.2) is 12.7 Å². The van der Waals surface area contributed by atoms with Crippen molar-refractivity contribution in [3.8, 4) is 0 Å². The van der Waals surface area contributed by atoms with Crippen LogP contribution in [-0.2, 0) is 4.79 Å². The number of fused-ring (bicyclic) bond motifs is 1. The van der Waals surface area contributed by atoms with Gasteiger partial charge in [0, 0.05) is 30.2 Å². The molecule has 0 spiro atoms. The molecule has 4 heterocycles. The maximum Gasteiger partial charge on any atom is 0.225 e. The van der Waals surface area contributed by atoms with E-state index in [2.05, 4.69) is 63.2 Å². The van der Waals surface area contributed by atoms with Crippen LogP contribution in [0.2, 0.25) is 0 Å². The van der Waals surface area contributed by atoms with E-state index >= 15 is 0 Å². The van der Waals surface area contributed by atoms with E-state index < -0.39 is 0 Å². The third-order valence-corrected chi connectivity index (χ3v) is 5.83. The summed E-state index contributed by atoms with van der Waals surface area (Å²) in [7, 11) is 0. The lowest BCUT2D eigenvalue weighted by Gasteiger charge is -2.47. The number of aromatic amines is 1. The van der Waals surface area contributed by atoms with Crippen LogP contribution in [0.3, 0.4) is 0 Å². The Balaban J connectivity index is 1.44. The third kappa shape index (κ3) is 3.97. The second-order valence-corrected chi connectivity index (χ2v) is 9.59. The van der Waals surface area contributed by atoms with Gasteiger partial charge in [0.1, 0.15) is 11.8 Å². The van der Waals surface area contributed by atoms with E-state index in [0.717, 1.165) is 43.6 Å². The van der Waals surface area contributed by atoms with E-state index in [4.69, 9.17) is 0 Å². The van der Waals surface area contributed by atoms with Gasteiger partial charge in [0.15, 0.2) is 11.5 Å². The number of imidazole rings is 1. The summed E-state index contributed by atoms with van der Waals surface area (Å²) in [5, 5.41) is 7.02. The Kier molecular flexibility index (Phi) is 4.77. The molecule has 0 radical (unpaired) electrons. The van der Waals surface area contributed by atoms with Crippen molar-refractivity contribution >= 4 is 22.9 Å². The number of amides is 1. The molecule has 2 aromatic heterocycles. The van der Waals surface area contributed by atoms with Gasteiger partial charge < -0.3 is 20.5 Å². The fraction of sp³-hybridized carbons (Fsp3) is 0.700. The summed E-state index contributed by atoms with van der Waals surface area (Å²) in [5.41, 5.74) is 1.54. The van der Waals surface area contributed by atoms with E-state index in [0.29, 0.717) is 12.2 Å². The number of carbonyl (C=O) groups excluding carboxylic acids is 1. The molecule has 0 aromatic carbocycles. The normalized spacial score (nSPS) is 25.0. The van der Waals surface area contributed by atoms with E-state index in [9.17, 15) is 4.79 Å². The van der Waals surface area contributed by atoms with E-state index in [1.54, 1.807) is 12.7 Å². The van der Waals surface area contributed by atoms with Crippen molar-refractivity contribution in [3.63, 3.8) is 0 Å². The molecular formula is C20H31N7O. The second kappa shape index (κ2) is 6.99. The Labute approximate surface area is 165 Å². The van der Waals surface area contributed by atoms with Crippen LogP contribution >= 0.6 is 0 Å². The minimum Gasteiger partial charge on any atom is -0.354 e. The second-order valence-electron chi connectivity index (χ2n) is 9.59. The number of hydrogen-bond donors (Lipinski definition) is 3. The first-order chi connectivity index (χ1) is 13.2. The molecule has 0 unspecified atom stereocenters. The van der Waals surface area contributed by atoms with Crippen molar-refractivity contribution in [2.45, 2.75) is 70.5 Å². The zero-order valence-corrected chi connectivity index (χ0v) is 17.2. The van der Waals surface area contributed by atoms with Gasteiger partial charge in [0.2, 0.25) is 5.91 Å². The first-order valence-electron chi connectivity index (χ1n) is 10.2. The lowest BCUT2D eigenvalue weighted by molar-refractivity contribution is -0.126. The first kappa shape index (κ1) is 19.1. The molecule has 4 rings (SSSR count). The van der Waals surface area contributed by atoms with Gasteiger partial charge in [-0.05, 0) is 53.4 Å². The number of anilines is 1. The highest BCUT2D eigenvalue weighted by Crippen LogP contribution is 2.30. The topological polar surface area (TPSA) is 98.8 Å². The van der Waals surface area contributed by atoms with E-state index in [1.807, 2.05) is 0 Å². The van der Waals surface area contributed by atoms with Crippen LogP contribution in [0.5, 0.6) is 0 Å². The predicted molar refractivity (Wildman–Crippen MR) is 109 cm³/mol. The zero-order valence-electron chi connectivity index (χ0n) is 17.2. The number of carbonyl (C=O) groups is 1. The molecule has 1 atom stereocenters. The Bertz CT molecular complexity index is 843. The standard InChI is InChI=1S/C20H31N7O/c1-19(2)8-14(9-20(3,4)26-19)25-18(28)13-6-5-7-27(10-13)17-15-16(22-11-21-15)23-12-24-17/h11-14,26H,5-10H2,1-4H3,(H,25,28)(H,21,22,23,24)/t13-/m0/s1. The number of nitrogens with one attached hydrogen (secondary N) is 3. The first-order valence-corrected chi connectivity index (χ1v) is 10.2. The van der Waals surface area contributed by atoms with Gasteiger partial charge in [-0.25, -0.2) is 15.0 Å². The third-order valence-electron chi connectivity index (χ3n) is 5.83. The average molecular weight is 386 g/mol. The summed E-state index contributed by atoms with van der Waals surface area (Å²) < 4.78 is 0. The van der Waals surface area contributed by atoms with Gasteiger partial charge in [-0.2, -0.15) is 0 Å². The van der Waals surface area contributed by atoms with E-state index in [-0.39, 0.29) is 28.9 Å². The van der Waals surface area contributed by atoms with Crippen molar-refractivity contribution < 1.29 is 4.79 Å². The van der Waals surface area contributed by atoms with Crippen molar-refractivity contribution in [3.05, 3.63) is 12.7 Å². The quantitative estimate of drug-likeness (QED) is 0.747. The Morgan fingerprint density at radius 2 is 1.93 bits per heavy atom. The summed E-state index contributed by atoms with van der Waals surface area (Å²) >= 11 is 0. The van der Waals surface area contributed by atoms with Crippen LogP contribution in [0.4, 0.5) is 5.82 Å². The molecule has 2 aliphatic heterocycles. The van der Waals surface area contributed by atoms with Crippen molar-refractivity contribution in [1.82, 2.24) is 30.6 Å². The Hall–Kier alpha value is -2.22. The van der Waals surface area contributed by atoms with Crippen molar-refractivity contribution in [2.24, 2.45) is 5.92 Å².